The van der Waals surface area contributed by atoms with Crippen LogP contribution in [0.3, 0.4) is 0 Å². The molecule has 0 fully saturated rings. The minimum absolute atomic E-state index is 0.325. The lowest BCUT2D eigenvalue weighted by Gasteiger charge is -2.10. The number of carboxylic acid groups (broad SMARTS) is 1. The lowest BCUT2D eigenvalue weighted by molar-refractivity contribution is 0.0686. The summed E-state index contributed by atoms with van der Waals surface area (Å²) in [6.07, 6.45) is 1.51. The van der Waals surface area contributed by atoms with Gasteiger partial charge in [-0.25, -0.2) is 9.48 Å². The Morgan fingerprint density at radius 1 is 1.30 bits per heavy atom. The summed E-state index contributed by atoms with van der Waals surface area (Å²) < 4.78 is 6.55. The largest absolute Gasteiger partial charge is 0.496 e. The first kappa shape index (κ1) is 13.8. The molecule has 0 aliphatic carbocycles. The number of hydrogen-bond donors (Lipinski definition) is 1. The number of ether oxygens (including phenoxy) is 1. The zero-order valence-corrected chi connectivity index (χ0v) is 11.4. The van der Waals surface area contributed by atoms with E-state index in [9.17, 15) is 9.59 Å². The van der Waals surface area contributed by atoms with Gasteiger partial charge in [0.1, 0.15) is 5.75 Å². The summed E-state index contributed by atoms with van der Waals surface area (Å²) in [5.74, 6) is -0.609. The predicted octanol–water partition coefficient (Wildman–Crippen LogP) is 1.56. The van der Waals surface area contributed by atoms with Crippen LogP contribution < -0.4 is 10.2 Å². The number of aryl methyl sites for hydroxylation is 2. The Morgan fingerprint density at radius 3 is 2.55 bits per heavy atom. The predicted molar refractivity (Wildman–Crippen MR) is 72.8 cm³/mol. The highest BCUT2D eigenvalue weighted by Gasteiger charge is 2.14. The average molecular weight is 274 g/mol. The second kappa shape index (κ2) is 5.16. The van der Waals surface area contributed by atoms with Gasteiger partial charge in [-0.05, 0) is 37.6 Å². The number of nitrogens with zero attached hydrogens (tertiary/aromatic N) is 2. The van der Waals surface area contributed by atoms with Gasteiger partial charge < -0.3 is 9.84 Å². The van der Waals surface area contributed by atoms with Gasteiger partial charge in [-0.2, -0.15) is 5.10 Å². The first-order valence-electron chi connectivity index (χ1n) is 5.93. The minimum Gasteiger partial charge on any atom is -0.496 e. The number of aromatic carboxylic acids is 1. The maximum Gasteiger partial charge on any atom is 0.360 e. The number of rotatable bonds is 3. The number of hydrogen-bond acceptors (Lipinski definition) is 4. The molecule has 20 heavy (non-hydrogen) atoms. The minimum atomic E-state index is -1.34. The maximum absolute atomic E-state index is 11.7. The van der Waals surface area contributed by atoms with E-state index >= 15 is 0 Å². The van der Waals surface area contributed by atoms with Gasteiger partial charge >= 0.3 is 5.97 Å². The van der Waals surface area contributed by atoms with E-state index in [-0.39, 0.29) is 0 Å². The fourth-order valence-electron chi connectivity index (χ4n) is 1.89. The van der Waals surface area contributed by atoms with Gasteiger partial charge in [0.2, 0.25) is 11.1 Å². The summed E-state index contributed by atoms with van der Waals surface area (Å²) in [6.45, 7) is 3.43. The molecule has 0 spiro atoms. The van der Waals surface area contributed by atoms with Crippen molar-refractivity contribution in [1.29, 1.82) is 0 Å². The van der Waals surface area contributed by atoms with Crippen LogP contribution in [0.15, 0.2) is 29.2 Å². The van der Waals surface area contributed by atoms with E-state index in [0.717, 1.165) is 11.3 Å². The number of carboxylic acids is 1. The molecule has 0 saturated heterocycles. The second-order valence-corrected chi connectivity index (χ2v) is 4.39. The molecule has 0 radical (unpaired) electrons. The molecular formula is C14H14N2O4. The smallest absolute Gasteiger partial charge is 0.360 e. The fourth-order valence-corrected chi connectivity index (χ4v) is 1.89. The van der Waals surface area contributed by atoms with Gasteiger partial charge in [0.05, 0.1) is 12.8 Å². The summed E-state index contributed by atoms with van der Waals surface area (Å²) in [6, 6.07) is 5.32. The van der Waals surface area contributed by atoms with E-state index in [2.05, 4.69) is 5.10 Å². The number of methoxy groups -OCH3 is 1. The molecule has 2 aromatic rings. The average Bonchev–Trinajstić information content (AvgIpc) is 2.41. The van der Waals surface area contributed by atoms with E-state index in [0.29, 0.717) is 11.3 Å². The van der Waals surface area contributed by atoms with E-state index in [1.54, 1.807) is 32.2 Å². The number of benzene rings is 1. The Balaban J connectivity index is 2.61. The van der Waals surface area contributed by atoms with Crippen molar-refractivity contribution in [3.05, 3.63) is 51.4 Å². The third-order valence-corrected chi connectivity index (χ3v) is 2.94. The van der Waals surface area contributed by atoms with Gasteiger partial charge in [-0.15, -0.1) is 0 Å². The highest BCUT2D eigenvalue weighted by atomic mass is 16.5. The molecule has 0 aliphatic heterocycles. The molecule has 1 aromatic heterocycles. The highest BCUT2D eigenvalue weighted by molar-refractivity contribution is 5.85. The van der Waals surface area contributed by atoms with Crippen LogP contribution in [0.2, 0.25) is 0 Å². The lowest BCUT2D eigenvalue weighted by atomic mass is 10.2. The summed E-state index contributed by atoms with van der Waals surface area (Å²) in [5, 5.41) is 12.9. The molecule has 0 saturated carbocycles. The lowest BCUT2D eigenvalue weighted by Crippen LogP contribution is -2.23. The van der Waals surface area contributed by atoms with Crippen LogP contribution in [0, 0.1) is 13.8 Å². The summed E-state index contributed by atoms with van der Waals surface area (Å²) in [4.78, 5) is 22.7. The van der Waals surface area contributed by atoms with Crippen molar-refractivity contribution in [1.82, 2.24) is 9.78 Å². The molecule has 0 bridgehead atoms. The van der Waals surface area contributed by atoms with Gasteiger partial charge in [-0.3, -0.25) is 4.79 Å². The molecule has 1 aromatic carbocycles. The third-order valence-electron chi connectivity index (χ3n) is 2.94. The standard InChI is InChI=1S/C14H14N2O4/c1-8-6-10(4-5-11(8)20-3)16-7-9(2)13(17)12(15-16)14(18)19/h4-7H,1-3H3,(H,18,19). The SMILES string of the molecule is COc1ccc(-n2cc(C)c(=O)c(C(=O)O)n2)cc1C. The number of carbonyl (C=O) groups is 1. The van der Waals surface area contributed by atoms with Crippen LogP contribution >= 0.6 is 0 Å². The topological polar surface area (TPSA) is 81.4 Å². The summed E-state index contributed by atoms with van der Waals surface area (Å²) in [5.41, 5.74) is 0.817. The van der Waals surface area contributed by atoms with Crippen LogP contribution in [0.25, 0.3) is 5.69 Å². The van der Waals surface area contributed by atoms with E-state index in [1.807, 2.05) is 6.92 Å². The number of aromatic nitrogens is 2. The maximum atomic E-state index is 11.7. The summed E-state index contributed by atoms with van der Waals surface area (Å²) in [7, 11) is 1.58. The quantitative estimate of drug-likeness (QED) is 0.918. The Labute approximate surface area is 115 Å². The van der Waals surface area contributed by atoms with Crippen molar-refractivity contribution in [2.45, 2.75) is 13.8 Å². The van der Waals surface area contributed by atoms with Gasteiger partial charge in [0, 0.05) is 11.8 Å². The third kappa shape index (κ3) is 2.40. The second-order valence-electron chi connectivity index (χ2n) is 4.39. The molecule has 0 amide bonds. The van der Waals surface area contributed by atoms with Crippen molar-refractivity contribution in [3.63, 3.8) is 0 Å². The van der Waals surface area contributed by atoms with Crippen molar-refractivity contribution >= 4 is 5.97 Å². The van der Waals surface area contributed by atoms with Crippen LogP contribution in [0.4, 0.5) is 0 Å². The Kier molecular flexibility index (Phi) is 3.56. The first-order chi connectivity index (χ1) is 9.43. The molecule has 104 valence electrons. The van der Waals surface area contributed by atoms with Crippen molar-refractivity contribution in [2.24, 2.45) is 0 Å². The van der Waals surface area contributed by atoms with Gasteiger partial charge in [0.25, 0.3) is 0 Å². The molecule has 0 unspecified atom stereocenters. The van der Waals surface area contributed by atoms with Crippen LogP contribution in [0.1, 0.15) is 21.6 Å². The molecule has 2 rings (SSSR count). The zero-order chi connectivity index (χ0) is 14.9. The Morgan fingerprint density at radius 2 is 2.00 bits per heavy atom. The van der Waals surface area contributed by atoms with Gasteiger partial charge in [0.15, 0.2) is 0 Å². The first-order valence-corrected chi connectivity index (χ1v) is 5.93. The van der Waals surface area contributed by atoms with Gasteiger partial charge in [-0.1, -0.05) is 0 Å². The van der Waals surface area contributed by atoms with Crippen molar-refractivity contribution < 1.29 is 14.6 Å². The monoisotopic (exact) mass is 274 g/mol. The molecular weight excluding hydrogens is 260 g/mol. The molecule has 1 heterocycles. The van der Waals surface area contributed by atoms with Crippen molar-refractivity contribution in [2.75, 3.05) is 7.11 Å². The normalized spacial score (nSPS) is 10.3. The van der Waals surface area contributed by atoms with Crippen LogP contribution in [0.5, 0.6) is 5.75 Å². The molecule has 1 N–H and O–H groups in total. The molecule has 0 aliphatic rings. The van der Waals surface area contributed by atoms with E-state index in [4.69, 9.17) is 9.84 Å². The molecule has 6 nitrogen and oxygen atoms in total. The zero-order valence-electron chi connectivity index (χ0n) is 11.4. The van der Waals surface area contributed by atoms with E-state index in [1.165, 1.54) is 10.9 Å². The van der Waals surface area contributed by atoms with Crippen LogP contribution in [-0.2, 0) is 0 Å². The molecule has 6 heteroatoms. The Hall–Kier alpha value is -2.63. The Bertz CT molecular complexity index is 734. The summed E-state index contributed by atoms with van der Waals surface area (Å²) >= 11 is 0. The van der Waals surface area contributed by atoms with E-state index < -0.39 is 17.1 Å². The van der Waals surface area contributed by atoms with Crippen LogP contribution in [-0.4, -0.2) is 28.0 Å². The fraction of sp³-hybridized carbons (Fsp3) is 0.214. The molecule has 0 atom stereocenters. The highest BCUT2D eigenvalue weighted by Crippen LogP contribution is 2.20. The van der Waals surface area contributed by atoms with Crippen molar-refractivity contribution in [3.8, 4) is 11.4 Å².